The number of nitro groups is 1. The zero-order valence-corrected chi connectivity index (χ0v) is 20.6. The molecule has 0 unspecified atom stereocenters. The normalized spacial score (nSPS) is 10.8. The third kappa shape index (κ3) is 6.57. The number of anilines is 2. The van der Waals surface area contributed by atoms with E-state index >= 15 is 0 Å². The van der Waals surface area contributed by atoms with Crippen LogP contribution < -0.4 is 16.0 Å². The van der Waals surface area contributed by atoms with E-state index in [0.29, 0.717) is 29.2 Å². The Morgan fingerprint density at radius 2 is 1.50 bits per heavy atom. The molecule has 12 heteroatoms. The molecule has 3 rings (SSSR count). The maximum atomic E-state index is 12.7. The van der Waals surface area contributed by atoms with Crippen LogP contribution in [0, 0.1) is 10.1 Å². The maximum absolute atomic E-state index is 12.7. The molecule has 0 saturated heterocycles. The fourth-order valence-corrected chi connectivity index (χ4v) is 3.52. The van der Waals surface area contributed by atoms with Gasteiger partial charge in [-0.05, 0) is 57.4 Å². The van der Waals surface area contributed by atoms with Crippen LogP contribution in [-0.4, -0.2) is 63.9 Å². The molecule has 2 aromatic heterocycles. The predicted molar refractivity (Wildman–Crippen MR) is 135 cm³/mol. The van der Waals surface area contributed by atoms with Crippen LogP contribution in [0.2, 0.25) is 0 Å². The van der Waals surface area contributed by atoms with E-state index in [1.54, 1.807) is 55.2 Å². The highest BCUT2D eigenvalue weighted by molar-refractivity contribution is 6.06. The quantitative estimate of drug-likeness (QED) is 0.224. The first-order valence-electron chi connectivity index (χ1n) is 11.2. The van der Waals surface area contributed by atoms with Gasteiger partial charge in [-0.25, -0.2) is 0 Å². The molecule has 0 saturated carbocycles. The summed E-state index contributed by atoms with van der Waals surface area (Å²) in [5.74, 6) is -1.12. The van der Waals surface area contributed by atoms with Gasteiger partial charge < -0.3 is 30.0 Å². The number of aromatic nitrogens is 2. The van der Waals surface area contributed by atoms with Gasteiger partial charge in [0.25, 0.3) is 23.4 Å². The third-order valence-electron chi connectivity index (χ3n) is 5.40. The number of hydrogen-bond donors (Lipinski definition) is 3. The van der Waals surface area contributed by atoms with Gasteiger partial charge in [-0.3, -0.25) is 24.5 Å². The number of nitrogens with zero attached hydrogens (tertiary/aromatic N) is 4. The van der Waals surface area contributed by atoms with Crippen LogP contribution in [0.5, 0.6) is 0 Å². The van der Waals surface area contributed by atoms with Crippen molar-refractivity contribution in [2.45, 2.75) is 6.42 Å². The Hall–Kier alpha value is -4.45. The van der Waals surface area contributed by atoms with Gasteiger partial charge in [0.05, 0.1) is 16.8 Å². The molecule has 3 aromatic rings. The van der Waals surface area contributed by atoms with Crippen LogP contribution in [0.1, 0.15) is 37.8 Å². The molecule has 0 aliphatic rings. The minimum absolute atomic E-state index is 0.130. The molecule has 0 aliphatic carbocycles. The summed E-state index contributed by atoms with van der Waals surface area (Å²) in [6, 6.07) is 8.99. The monoisotopic (exact) mass is 495 g/mol. The summed E-state index contributed by atoms with van der Waals surface area (Å²) < 4.78 is 3.01. The van der Waals surface area contributed by atoms with Crippen molar-refractivity contribution < 1.29 is 19.3 Å². The zero-order valence-electron chi connectivity index (χ0n) is 20.6. The maximum Gasteiger partial charge on any atom is 0.287 e. The van der Waals surface area contributed by atoms with Crippen molar-refractivity contribution in [1.29, 1.82) is 0 Å². The van der Waals surface area contributed by atoms with Crippen LogP contribution in [0.15, 0.2) is 48.8 Å². The van der Waals surface area contributed by atoms with Crippen molar-refractivity contribution in [3.8, 4) is 0 Å². The Balaban J connectivity index is 1.58. The van der Waals surface area contributed by atoms with E-state index < -0.39 is 10.8 Å². The van der Waals surface area contributed by atoms with Gasteiger partial charge in [-0.1, -0.05) is 0 Å². The van der Waals surface area contributed by atoms with E-state index in [0.717, 1.165) is 13.0 Å². The lowest BCUT2D eigenvalue weighted by molar-refractivity contribution is -0.384. The second-order valence-electron chi connectivity index (χ2n) is 8.57. The van der Waals surface area contributed by atoms with E-state index in [9.17, 15) is 24.5 Å². The molecule has 190 valence electrons. The SMILES string of the molecule is CN(C)CCCNC(=O)c1cc(NC(=O)c2ccc(NC(=O)c3cc([N+](=O)[O-])cn3C)cc2)cn1C. The van der Waals surface area contributed by atoms with Gasteiger partial charge in [-0.15, -0.1) is 0 Å². The molecule has 0 atom stereocenters. The number of carbonyl (C=O) groups is 3. The van der Waals surface area contributed by atoms with Gasteiger partial charge in [0.1, 0.15) is 11.4 Å². The van der Waals surface area contributed by atoms with Gasteiger partial charge in [-0.2, -0.15) is 0 Å². The second-order valence-corrected chi connectivity index (χ2v) is 8.57. The first kappa shape index (κ1) is 26.2. The summed E-state index contributed by atoms with van der Waals surface area (Å²) >= 11 is 0. The van der Waals surface area contributed by atoms with E-state index in [1.807, 2.05) is 19.0 Å². The van der Waals surface area contributed by atoms with Crippen molar-refractivity contribution >= 4 is 34.8 Å². The van der Waals surface area contributed by atoms with Gasteiger partial charge >= 0.3 is 0 Å². The summed E-state index contributed by atoms with van der Waals surface area (Å²) in [7, 11) is 7.21. The summed E-state index contributed by atoms with van der Waals surface area (Å²) in [6.45, 7) is 1.42. The van der Waals surface area contributed by atoms with Crippen molar-refractivity contribution in [2.75, 3.05) is 37.8 Å². The first-order valence-corrected chi connectivity index (χ1v) is 11.2. The first-order chi connectivity index (χ1) is 17.0. The number of amides is 3. The van der Waals surface area contributed by atoms with E-state index in [2.05, 4.69) is 16.0 Å². The Kier molecular flexibility index (Phi) is 8.22. The molecule has 0 spiro atoms. The predicted octanol–water partition coefficient (Wildman–Crippen LogP) is 2.46. The standard InChI is InChI=1S/C24H29N7O5/c1-28(2)11-5-10-25-23(33)20-12-18(14-29(20)3)27-22(32)16-6-8-17(9-7-16)26-24(34)21-13-19(31(35)36)15-30(21)4/h6-9,12-15H,5,10-11H2,1-4H3,(H,25,33)(H,26,34)(H,27,32). The Labute approximate surface area is 208 Å². The number of aryl methyl sites for hydroxylation is 2. The topological polar surface area (TPSA) is 144 Å². The molecule has 0 radical (unpaired) electrons. The number of nitrogens with one attached hydrogen (secondary N) is 3. The minimum atomic E-state index is -0.571. The van der Waals surface area contributed by atoms with Gasteiger partial charge in [0, 0.05) is 44.2 Å². The lowest BCUT2D eigenvalue weighted by Gasteiger charge is -2.10. The van der Waals surface area contributed by atoms with Gasteiger partial charge in [0.2, 0.25) is 0 Å². The molecular weight excluding hydrogens is 466 g/mol. The van der Waals surface area contributed by atoms with E-state index in [1.165, 1.54) is 16.8 Å². The zero-order chi connectivity index (χ0) is 26.4. The van der Waals surface area contributed by atoms with Crippen LogP contribution in [0.3, 0.4) is 0 Å². The van der Waals surface area contributed by atoms with Crippen LogP contribution in [-0.2, 0) is 14.1 Å². The Morgan fingerprint density at radius 3 is 2.11 bits per heavy atom. The molecule has 1 aromatic carbocycles. The van der Waals surface area contributed by atoms with Crippen LogP contribution in [0.4, 0.5) is 17.1 Å². The van der Waals surface area contributed by atoms with E-state index in [4.69, 9.17) is 0 Å². The summed E-state index contributed by atoms with van der Waals surface area (Å²) in [5, 5.41) is 19.2. The third-order valence-corrected chi connectivity index (χ3v) is 5.40. The average molecular weight is 496 g/mol. The number of benzene rings is 1. The molecule has 3 N–H and O–H groups in total. The highest BCUT2D eigenvalue weighted by Crippen LogP contribution is 2.18. The highest BCUT2D eigenvalue weighted by Gasteiger charge is 2.18. The largest absolute Gasteiger partial charge is 0.351 e. The fourth-order valence-electron chi connectivity index (χ4n) is 3.52. The molecule has 12 nitrogen and oxygen atoms in total. The van der Waals surface area contributed by atoms with Crippen LogP contribution in [0.25, 0.3) is 0 Å². The van der Waals surface area contributed by atoms with Crippen molar-refractivity contribution in [2.24, 2.45) is 14.1 Å². The fraction of sp³-hybridized carbons (Fsp3) is 0.292. The minimum Gasteiger partial charge on any atom is -0.351 e. The second kappa shape index (κ2) is 11.3. The van der Waals surface area contributed by atoms with E-state index in [-0.39, 0.29) is 23.2 Å². The Morgan fingerprint density at radius 1 is 0.889 bits per heavy atom. The lowest BCUT2D eigenvalue weighted by atomic mass is 10.2. The molecule has 36 heavy (non-hydrogen) atoms. The molecule has 2 heterocycles. The molecule has 0 fully saturated rings. The molecule has 0 bridgehead atoms. The summed E-state index contributed by atoms with van der Waals surface area (Å²) in [5.41, 5.74) is 1.62. The molecular formula is C24H29N7O5. The van der Waals surface area contributed by atoms with Crippen molar-refractivity contribution in [1.82, 2.24) is 19.4 Å². The number of carbonyl (C=O) groups excluding carboxylic acids is 3. The Bertz CT molecular complexity index is 1270. The van der Waals surface area contributed by atoms with Gasteiger partial charge in [0.15, 0.2) is 0 Å². The summed E-state index contributed by atoms with van der Waals surface area (Å²) in [6.07, 6.45) is 3.74. The van der Waals surface area contributed by atoms with Crippen LogP contribution >= 0.6 is 0 Å². The average Bonchev–Trinajstić information content (AvgIpc) is 3.39. The molecule has 3 amide bonds. The highest BCUT2D eigenvalue weighted by atomic mass is 16.6. The molecule has 0 aliphatic heterocycles. The number of rotatable bonds is 10. The smallest absolute Gasteiger partial charge is 0.287 e. The van der Waals surface area contributed by atoms with Crippen molar-refractivity contribution in [3.05, 3.63) is 75.9 Å². The lowest BCUT2D eigenvalue weighted by Crippen LogP contribution is -2.28. The van der Waals surface area contributed by atoms with Crippen molar-refractivity contribution in [3.63, 3.8) is 0 Å². The summed E-state index contributed by atoms with van der Waals surface area (Å²) in [4.78, 5) is 49.9. The number of hydrogen-bond acceptors (Lipinski definition) is 6.